The maximum absolute atomic E-state index is 14.2. The van der Waals surface area contributed by atoms with Gasteiger partial charge in [-0.3, -0.25) is 14.4 Å². The fourth-order valence-electron chi connectivity index (χ4n) is 6.29. The van der Waals surface area contributed by atoms with Crippen LogP contribution in [0.3, 0.4) is 0 Å². The first-order chi connectivity index (χ1) is 15.7. The van der Waals surface area contributed by atoms with Crippen molar-refractivity contribution in [1.29, 1.82) is 0 Å². The highest BCUT2D eigenvalue weighted by Crippen LogP contribution is 2.71. The number of fused-ring (bicyclic) bond motifs is 1. The number of esters is 1. The Bertz CT molecular complexity index is 776. The summed E-state index contributed by atoms with van der Waals surface area (Å²) in [5.74, 6) is -1.56. The van der Waals surface area contributed by atoms with Crippen molar-refractivity contribution >= 4 is 29.5 Å². The third-order valence-electron chi connectivity index (χ3n) is 7.71. The molecule has 8 heteroatoms. The zero-order valence-electron chi connectivity index (χ0n) is 20.5. The highest BCUT2D eigenvalue weighted by Gasteiger charge is 2.77. The number of amides is 2. The lowest BCUT2D eigenvalue weighted by molar-refractivity contribution is -0.155. The van der Waals surface area contributed by atoms with E-state index in [2.05, 4.69) is 27.4 Å². The highest BCUT2D eigenvalue weighted by molar-refractivity contribution is 8.02. The fourth-order valence-corrected chi connectivity index (χ4v) is 8.63. The van der Waals surface area contributed by atoms with Crippen LogP contribution in [0.5, 0.6) is 0 Å². The number of ether oxygens (including phenoxy) is 1. The van der Waals surface area contributed by atoms with Crippen LogP contribution in [0, 0.1) is 11.8 Å². The van der Waals surface area contributed by atoms with Gasteiger partial charge in [-0.1, -0.05) is 19.4 Å². The third-order valence-corrected chi connectivity index (χ3v) is 9.69. The predicted molar refractivity (Wildman–Crippen MR) is 130 cm³/mol. The van der Waals surface area contributed by atoms with Gasteiger partial charge in [-0.05, 0) is 52.9 Å². The first-order valence-electron chi connectivity index (χ1n) is 12.4. The second kappa shape index (κ2) is 10.4. The van der Waals surface area contributed by atoms with E-state index >= 15 is 0 Å². The SMILES string of the molecule is C=CCN(C(=O)C1N(CCCCO)C(=O)[C@@H]2[C@H](C(=O)OCC)[C@]3(C)CCC12S3)C(C)CCC. The Morgan fingerprint density at radius 1 is 1.36 bits per heavy atom. The lowest BCUT2D eigenvalue weighted by Gasteiger charge is -2.39. The molecule has 7 nitrogen and oxygen atoms in total. The largest absolute Gasteiger partial charge is 0.466 e. The van der Waals surface area contributed by atoms with Gasteiger partial charge in [0.2, 0.25) is 11.8 Å². The Morgan fingerprint density at radius 2 is 2.09 bits per heavy atom. The molecule has 3 aliphatic rings. The second-order valence-electron chi connectivity index (χ2n) is 9.86. The summed E-state index contributed by atoms with van der Waals surface area (Å²) in [6.45, 7) is 13.0. The number of rotatable bonds is 12. The zero-order valence-corrected chi connectivity index (χ0v) is 21.4. The Kier molecular flexibility index (Phi) is 8.20. The van der Waals surface area contributed by atoms with Crippen LogP contribution in [-0.2, 0) is 19.1 Å². The number of aliphatic hydroxyl groups excluding tert-OH is 1. The quantitative estimate of drug-likeness (QED) is 0.263. The summed E-state index contributed by atoms with van der Waals surface area (Å²) in [5.41, 5.74) is 0. The summed E-state index contributed by atoms with van der Waals surface area (Å²) in [7, 11) is 0. The third kappa shape index (κ3) is 4.33. The number of carbonyl (C=O) groups is 3. The number of nitrogens with zero attached hydrogens (tertiary/aromatic N) is 2. The normalized spacial score (nSPS) is 33.2. The Labute approximate surface area is 202 Å². The molecule has 1 N–H and O–H groups in total. The lowest BCUT2D eigenvalue weighted by atomic mass is 9.66. The number of thioether (sulfide) groups is 1. The van der Waals surface area contributed by atoms with Crippen LogP contribution in [0.15, 0.2) is 12.7 Å². The van der Waals surface area contributed by atoms with Crippen LogP contribution in [0.25, 0.3) is 0 Å². The molecule has 0 saturated carbocycles. The molecule has 6 atom stereocenters. The molecule has 0 aromatic rings. The number of hydrogen-bond donors (Lipinski definition) is 1. The van der Waals surface area contributed by atoms with E-state index in [0.29, 0.717) is 25.9 Å². The van der Waals surface area contributed by atoms with Crippen molar-refractivity contribution < 1.29 is 24.2 Å². The van der Waals surface area contributed by atoms with Crippen molar-refractivity contribution in [2.75, 3.05) is 26.3 Å². The van der Waals surface area contributed by atoms with E-state index in [1.165, 1.54) is 0 Å². The maximum Gasteiger partial charge on any atom is 0.311 e. The van der Waals surface area contributed by atoms with Crippen molar-refractivity contribution in [2.24, 2.45) is 11.8 Å². The first-order valence-corrected chi connectivity index (χ1v) is 13.2. The van der Waals surface area contributed by atoms with Gasteiger partial charge in [-0.25, -0.2) is 0 Å². The summed E-state index contributed by atoms with van der Waals surface area (Å²) in [5, 5.41) is 9.29. The molecule has 2 amide bonds. The van der Waals surface area contributed by atoms with Gasteiger partial charge in [-0.15, -0.1) is 18.3 Å². The van der Waals surface area contributed by atoms with E-state index < -0.39 is 27.4 Å². The molecule has 0 radical (unpaired) electrons. The molecule has 3 aliphatic heterocycles. The topological polar surface area (TPSA) is 87.2 Å². The molecule has 2 bridgehead atoms. The predicted octanol–water partition coefficient (Wildman–Crippen LogP) is 3.01. The van der Waals surface area contributed by atoms with E-state index in [0.717, 1.165) is 25.7 Å². The molecular weight excluding hydrogens is 440 g/mol. The molecule has 3 saturated heterocycles. The molecule has 3 heterocycles. The van der Waals surface area contributed by atoms with Crippen LogP contribution in [0.1, 0.15) is 66.2 Å². The van der Waals surface area contributed by atoms with Crippen molar-refractivity contribution in [1.82, 2.24) is 9.80 Å². The van der Waals surface area contributed by atoms with Crippen LogP contribution < -0.4 is 0 Å². The van der Waals surface area contributed by atoms with E-state index in [1.54, 1.807) is 29.7 Å². The lowest BCUT2D eigenvalue weighted by Crippen LogP contribution is -2.56. The monoisotopic (exact) mass is 480 g/mol. The fraction of sp³-hybridized carbons (Fsp3) is 0.800. The standard InChI is InChI=1S/C25H40N2O5S/c1-6-11-17(4)26(14-7-2)22(30)20-25-13-12-24(5,33-25)19(23(31)32-8-3)18(25)21(29)27(20)15-9-10-16-28/h7,17-20,28H,2,6,8-16H2,1,3-5H3/t17?,18-,19+,20?,24-,25?/m0/s1. The van der Waals surface area contributed by atoms with E-state index in [4.69, 9.17) is 4.74 Å². The van der Waals surface area contributed by atoms with Gasteiger partial charge in [0.1, 0.15) is 6.04 Å². The van der Waals surface area contributed by atoms with Crippen LogP contribution in [0.2, 0.25) is 0 Å². The van der Waals surface area contributed by atoms with Crippen molar-refractivity contribution in [3.05, 3.63) is 12.7 Å². The van der Waals surface area contributed by atoms with E-state index in [-0.39, 0.29) is 37.0 Å². The number of carbonyl (C=O) groups excluding carboxylic acids is 3. The summed E-state index contributed by atoms with van der Waals surface area (Å²) in [6.07, 6.45) is 6.27. The van der Waals surface area contributed by atoms with Gasteiger partial charge >= 0.3 is 5.97 Å². The summed E-state index contributed by atoms with van der Waals surface area (Å²) in [4.78, 5) is 44.7. The first kappa shape index (κ1) is 26.1. The molecule has 3 rings (SSSR count). The van der Waals surface area contributed by atoms with Gasteiger partial charge in [0.15, 0.2) is 0 Å². The van der Waals surface area contributed by atoms with Gasteiger partial charge in [-0.2, -0.15) is 0 Å². The summed E-state index contributed by atoms with van der Waals surface area (Å²) < 4.78 is 4.40. The molecule has 3 fully saturated rings. The second-order valence-corrected chi connectivity index (χ2v) is 11.8. The molecule has 186 valence electrons. The van der Waals surface area contributed by atoms with Gasteiger partial charge in [0.05, 0.1) is 23.2 Å². The molecule has 0 aromatic carbocycles. The number of hydrogen-bond acceptors (Lipinski definition) is 6. The number of likely N-dealkylation sites (tertiary alicyclic amines) is 1. The molecule has 1 spiro atoms. The minimum absolute atomic E-state index is 0.0328. The minimum Gasteiger partial charge on any atom is -0.466 e. The van der Waals surface area contributed by atoms with Gasteiger partial charge < -0.3 is 19.6 Å². The average molecular weight is 481 g/mol. The Hall–Kier alpha value is -1.54. The van der Waals surface area contributed by atoms with Gasteiger partial charge in [0, 0.05) is 30.5 Å². The molecule has 3 unspecified atom stereocenters. The van der Waals surface area contributed by atoms with E-state index in [1.807, 2.05) is 4.90 Å². The average Bonchev–Trinajstić information content (AvgIpc) is 3.33. The highest BCUT2D eigenvalue weighted by atomic mass is 32.2. The van der Waals surface area contributed by atoms with Crippen molar-refractivity contribution in [3.63, 3.8) is 0 Å². The number of unbranched alkanes of at least 4 members (excludes halogenated alkanes) is 1. The zero-order chi connectivity index (χ0) is 24.4. The molecular formula is C25H40N2O5S. The van der Waals surface area contributed by atoms with Crippen molar-refractivity contribution in [3.8, 4) is 0 Å². The summed E-state index contributed by atoms with van der Waals surface area (Å²) >= 11 is 1.67. The Morgan fingerprint density at radius 3 is 2.70 bits per heavy atom. The summed E-state index contributed by atoms with van der Waals surface area (Å²) in [6, 6.07) is -0.579. The minimum atomic E-state index is -0.620. The van der Waals surface area contributed by atoms with Crippen LogP contribution >= 0.6 is 11.8 Å². The molecule has 33 heavy (non-hydrogen) atoms. The number of aliphatic hydroxyl groups is 1. The molecule has 0 aromatic heterocycles. The van der Waals surface area contributed by atoms with E-state index in [9.17, 15) is 19.5 Å². The van der Waals surface area contributed by atoms with Crippen LogP contribution in [-0.4, -0.2) is 80.6 Å². The molecule has 0 aliphatic carbocycles. The van der Waals surface area contributed by atoms with Crippen molar-refractivity contribution in [2.45, 2.75) is 87.8 Å². The smallest absolute Gasteiger partial charge is 0.311 e. The maximum atomic E-state index is 14.2. The van der Waals surface area contributed by atoms with Crippen LogP contribution in [0.4, 0.5) is 0 Å². The Balaban J connectivity index is 2.04. The van der Waals surface area contributed by atoms with Gasteiger partial charge in [0.25, 0.3) is 0 Å².